The number of pyridine rings is 2. The predicted molar refractivity (Wildman–Crippen MR) is 145 cm³/mol. The first-order valence-electron chi connectivity index (χ1n) is 12.9. The molecule has 0 saturated carbocycles. The number of nitrogens with zero attached hydrogens (tertiary/aromatic N) is 4. The smallest absolute Gasteiger partial charge is 0.267 e. The van der Waals surface area contributed by atoms with Crippen LogP contribution in [-0.4, -0.2) is 52.1 Å². The molecule has 2 unspecified atom stereocenters. The molecule has 9 nitrogen and oxygen atoms in total. The fraction of sp³-hybridized carbons (Fsp3) is 0.379. The van der Waals surface area contributed by atoms with Crippen molar-refractivity contribution in [3.05, 3.63) is 75.6 Å². The highest BCUT2D eigenvalue weighted by molar-refractivity contribution is 5.97. The van der Waals surface area contributed by atoms with Crippen LogP contribution < -0.4 is 20.5 Å². The molecule has 198 valence electrons. The van der Waals surface area contributed by atoms with E-state index in [1.54, 1.807) is 43.2 Å². The molecule has 0 aliphatic carbocycles. The average molecular weight is 516 g/mol. The first-order chi connectivity index (χ1) is 18.3. The number of amides is 1. The van der Waals surface area contributed by atoms with E-state index in [0.717, 1.165) is 12.0 Å². The van der Waals surface area contributed by atoms with Crippen molar-refractivity contribution in [3.63, 3.8) is 0 Å². The Morgan fingerprint density at radius 3 is 2.50 bits per heavy atom. The quantitative estimate of drug-likeness (QED) is 0.396. The second-order valence-electron chi connectivity index (χ2n) is 10.2. The molecule has 1 aromatic carbocycles. The lowest BCUT2D eigenvalue weighted by atomic mass is 9.91. The van der Waals surface area contributed by atoms with Gasteiger partial charge in [0.1, 0.15) is 16.8 Å². The molecule has 2 atom stereocenters. The van der Waals surface area contributed by atoms with Crippen molar-refractivity contribution >= 4 is 22.6 Å². The zero-order valence-electron chi connectivity index (χ0n) is 22.2. The van der Waals surface area contributed by atoms with Crippen LogP contribution in [0, 0.1) is 17.2 Å². The van der Waals surface area contributed by atoms with Gasteiger partial charge in [-0.05, 0) is 60.6 Å². The van der Waals surface area contributed by atoms with E-state index in [2.05, 4.69) is 13.8 Å². The fourth-order valence-corrected chi connectivity index (χ4v) is 5.54. The van der Waals surface area contributed by atoms with E-state index in [0.29, 0.717) is 66.1 Å². The van der Waals surface area contributed by atoms with Crippen LogP contribution >= 0.6 is 0 Å². The zero-order valence-corrected chi connectivity index (χ0v) is 22.2. The highest BCUT2D eigenvalue weighted by atomic mass is 16.5. The van der Waals surface area contributed by atoms with Crippen molar-refractivity contribution in [1.29, 1.82) is 5.41 Å². The van der Waals surface area contributed by atoms with E-state index in [1.807, 2.05) is 29.2 Å². The molecule has 3 aromatic heterocycles. The maximum absolute atomic E-state index is 13.7. The maximum atomic E-state index is 13.7. The summed E-state index contributed by atoms with van der Waals surface area (Å²) in [5.74, 6) is 1.80. The Hall–Kier alpha value is -4.14. The number of nitrogens with one attached hydrogen (secondary N) is 1. The number of ether oxygens (including phenoxy) is 2. The van der Waals surface area contributed by atoms with Gasteiger partial charge in [0.2, 0.25) is 0 Å². The molecule has 0 spiro atoms. The Bertz CT molecular complexity index is 1630. The van der Waals surface area contributed by atoms with Gasteiger partial charge >= 0.3 is 0 Å². The van der Waals surface area contributed by atoms with E-state index < -0.39 is 0 Å². The molecule has 38 heavy (non-hydrogen) atoms. The van der Waals surface area contributed by atoms with Gasteiger partial charge in [0.05, 0.1) is 25.2 Å². The van der Waals surface area contributed by atoms with Crippen molar-refractivity contribution in [3.8, 4) is 11.5 Å². The van der Waals surface area contributed by atoms with Crippen LogP contribution in [0.15, 0.2) is 53.5 Å². The van der Waals surface area contributed by atoms with E-state index in [1.165, 1.54) is 4.40 Å². The van der Waals surface area contributed by atoms with Crippen LogP contribution in [0.1, 0.15) is 36.2 Å². The Morgan fingerprint density at radius 1 is 1.05 bits per heavy atom. The number of hydrogen-bond donors (Lipinski definition) is 1. The summed E-state index contributed by atoms with van der Waals surface area (Å²) >= 11 is 0. The number of fused-ring (bicyclic) bond motifs is 2. The van der Waals surface area contributed by atoms with Crippen molar-refractivity contribution in [2.24, 2.45) is 11.8 Å². The van der Waals surface area contributed by atoms with Crippen LogP contribution in [0.5, 0.6) is 11.5 Å². The molecule has 9 heteroatoms. The van der Waals surface area contributed by atoms with E-state index in [9.17, 15) is 9.59 Å². The number of piperidine rings is 1. The Balaban J connectivity index is 1.64. The molecule has 5 rings (SSSR count). The predicted octanol–water partition coefficient (Wildman–Crippen LogP) is 3.51. The van der Waals surface area contributed by atoms with Gasteiger partial charge in [0.25, 0.3) is 11.5 Å². The number of likely N-dealkylation sites (tertiary alicyclic amines) is 1. The van der Waals surface area contributed by atoms with Gasteiger partial charge in [-0.25, -0.2) is 4.98 Å². The molecular formula is C29H33N5O4. The second kappa shape index (κ2) is 10.3. The minimum absolute atomic E-state index is 0.0565. The lowest BCUT2D eigenvalue weighted by Crippen LogP contribution is -2.45. The number of aryl methyl sites for hydroxylation is 2. The fourth-order valence-electron chi connectivity index (χ4n) is 5.54. The lowest BCUT2D eigenvalue weighted by Gasteiger charge is -2.35. The summed E-state index contributed by atoms with van der Waals surface area (Å²) in [4.78, 5) is 33.8. The van der Waals surface area contributed by atoms with Gasteiger partial charge in [0, 0.05) is 25.8 Å². The average Bonchev–Trinajstić information content (AvgIpc) is 2.91. The van der Waals surface area contributed by atoms with Crippen LogP contribution in [0.3, 0.4) is 0 Å². The molecule has 1 fully saturated rings. The van der Waals surface area contributed by atoms with Gasteiger partial charge < -0.3 is 18.9 Å². The molecule has 1 N–H and O–H groups in total. The summed E-state index contributed by atoms with van der Waals surface area (Å²) in [7, 11) is 3.18. The van der Waals surface area contributed by atoms with Gasteiger partial charge in [0.15, 0.2) is 11.5 Å². The van der Waals surface area contributed by atoms with E-state index in [-0.39, 0.29) is 22.5 Å². The second-order valence-corrected chi connectivity index (χ2v) is 10.2. The van der Waals surface area contributed by atoms with Crippen molar-refractivity contribution < 1.29 is 14.3 Å². The normalized spacial score (nSPS) is 17.6. The zero-order chi connectivity index (χ0) is 27.0. The lowest BCUT2D eigenvalue weighted by molar-refractivity contribution is 0.0620. The van der Waals surface area contributed by atoms with Crippen LogP contribution in [-0.2, 0) is 13.0 Å². The van der Waals surface area contributed by atoms with Crippen molar-refractivity contribution in [2.75, 3.05) is 27.3 Å². The minimum atomic E-state index is -0.264. The molecule has 4 aromatic rings. The molecule has 0 bridgehead atoms. The Kier molecular flexibility index (Phi) is 6.93. The molecule has 1 saturated heterocycles. The molecule has 1 amide bonds. The maximum Gasteiger partial charge on any atom is 0.267 e. The summed E-state index contributed by atoms with van der Waals surface area (Å²) in [6.45, 7) is 5.92. The third-order valence-electron chi connectivity index (χ3n) is 7.28. The van der Waals surface area contributed by atoms with Crippen molar-refractivity contribution in [1.82, 2.24) is 18.9 Å². The number of carbonyl (C=O) groups is 1. The first-order valence-corrected chi connectivity index (χ1v) is 12.9. The SMILES string of the molecule is COc1ccc(CCn2c(=N)c(C(=O)N3CC(C)CC(C)C3)cc3c(=O)n4ccccc4nc32)cc1OC. The standard InChI is InChI=1S/C29H33N5O4/c1-18-13-19(2)17-32(16-18)28(35)21-15-22-27(31-25-7-5-6-11-33(25)29(22)36)34(26(21)30)12-10-20-8-9-23(37-3)24(14-20)38-4/h5-9,11,14-15,18-19,30H,10,12-13,16-17H2,1-4H3. The van der Waals surface area contributed by atoms with Crippen molar-refractivity contribution in [2.45, 2.75) is 33.2 Å². The number of hydrogen-bond acceptors (Lipinski definition) is 6. The summed E-state index contributed by atoms with van der Waals surface area (Å²) in [6, 6.07) is 12.6. The molecule has 4 heterocycles. The highest BCUT2D eigenvalue weighted by Crippen LogP contribution is 2.28. The van der Waals surface area contributed by atoms with E-state index in [4.69, 9.17) is 19.9 Å². The molecule has 1 aliphatic rings. The molecule has 0 radical (unpaired) electrons. The number of rotatable bonds is 6. The molecule has 1 aliphatic heterocycles. The van der Waals surface area contributed by atoms with Gasteiger partial charge in [-0.1, -0.05) is 26.0 Å². The van der Waals surface area contributed by atoms with Crippen LogP contribution in [0.4, 0.5) is 0 Å². The third kappa shape index (κ3) is 4.64. The summed E-state index contributed by atoms with van der Waals surface area (Å²) in [5.41, 5.74) is 1.86. The highest BCUT2D eigenvalue weighted by Gasteiger charge is 2.28. The van der Waals surface area contributed by atoms with Crippen LogP contribution in [0.25, 0.3) is 16.7 Å². The van der Waals surface area contributed by atoms with Crippen LogP contribution in [0.2, 0.25) is 0 Å². The summed E-state index contributed by atoms with van der Waals surface area (Å²) in [5, 5.41) is 9.40. The van der Waals surface area contributed by atoms with Gasteiger partial charge in [-0.3, -0.25) is 19.4 Å². The first kappa shape index (κ1) is 25.5. The Labute approximate surface area is 220 Å². The Morgan fingerprint density at radius 2 is 1.79 bits per heavy atom. The van der Waals surface area contributed by atoms with Gasteiger partial charge in [-0.2, -0.15) is 0 Å². The largest absolute Gasteiger partial charge is 0.493 e. The summed E-state index contributed by atoms with van der Waals surface area (Å²) in [6.07, 6.45) is 3.28. The number of methoxy groups -OCH3 is 2. The molecular weight excluding hydrogens is 482 g/mol. The third-order valence-corrected chi connectivity index (χ3v) is 7.28. The monoisotopic (exact) mass is 515 g/mol. The number of benzene rings is 1. The minimum Gasteiger partial charge on any atom is -0.493 e. The van der Waals surface area contributed by atoms with E-state index >= 15 is 0 Å². The van der Waals surface area contributed by atoms with Gasteiger partial charge in [-0.15, -0.1) is 0 Å². The number of carbonyl (C=O) groups excluding carboxylic acids is 1. The summed E-state index contributed by atoms with van der Waals surface area (Å²) < 4.78 is 14.0. The number of aromatic nitrogens is 3. The topological polar surface area (TPSA) is 102 Å².